The number of ether oxygens (including phenoxy) is 2. The Balaban J connectivity index is 2.59. The molecule has 1 saturated carbocycles. The summed E-state index contributed by atoms with van der Waals surface area (Å²) >= 11 is 1.32. The fourth-order valence-corrected chi connectivity index (χ4v) is 3.11. The number of hydrogen-bond donors (Lipinski definition) is 1. The number of nitrogens with one attached hydrogen (secondary N) is 1. The van der Waals surface area contributed by atoms with Crippen LogP contribution in [0.25, 0.3) is 0 Å². The summed E-state index contributed by atoms with van der Waals surface area (Å²) in [5, 5.41) is 0.317. The fraction of sp³-hybridized carbons (Fsp3) is 0.857. The van der Waals surface area contributed by atoms with E-state index in [1.54, 1.807) is 27.7 Å². The topological polar surface area (TPSA) is 67.9 Å². The zero-order valence-corrected chi connectivity index (χ0v) is 14.1. The molecule has 1 rings (SSSR count). The highest BCUT2D eigenvalue weighted by molar-refractivity contribution is 7.98. The van der Waals surface area contributed by atoms with Crippen LogP contribution in [-0.2, 0) is 9.47 Å². The normalized spacial score (nSPS) is 15.9. The Morgan fingerprint density at radius 1 is 1.05 bits per heavy atom. The molecule has 0 aromatic rings. The lowest BCUT2D eigenvalue weighted by Gasteiger charge is -2.28. The molecule has 6 nitrogen and oxygen atoms in total. The predicted octanol–water partition coefficient (Wildman–Crippen LogP) is 3.86. The molecular weight excluding hydrogens is 292 g/mol. The molecule has 2 amide bonds. The van der Waals surface area contributed by atoms with Crippen LogP contribution in [0.5, 0.6) is 0 Å². The molecule has 0 radical (unpaired) electrons. The van der Waals surface area contributed by atoms with E-state index in [-0.39, 0.29) is 12.2 Å². The zero-order valence-electron chi connectivity index (χ0n) is 13.3. The molecule has 0 bridgehead atoms. The first-order valence-electron chi connectivity index (χ1n) is 7.53. The minimum absolute atomic E-state index is 0.241. The van der Waals surface area contributed by atoms with Gasteiger partial charge in [0.1, 0.15) is 0 Å². The van der Waals surface area contributed by atoms with E-state index in [9.17, 15) is 9.59 Å². The van der Waals surface area contributed by atoms with Gasteiger partial charge in [-0.05, 0) is 52.5 Å². The zero-order chi connectivity index (χ0) is 15.8. The van der Waals surface area contributed by atoms with Crippen molar-refractivity contribution < 1.29 is 19.1 Å². The third-order valence-electron chi connectivity index (χ3n) is 2.84. The third-order valence-corrected chi connectivity index (χ3v) is 4.07. The smallest absolute Gasteiger partial charge is 0.439 e. The highest BCUT2D eigenvalue weighted by Gasteiger charge is 2.26. The summed E-state index contributed by atoms with van der Waals surface area (Å²) < 4.78 is 11.3. The summed E-state index contributed by atoms with van der Waals surface area (Å²) in [4.78, 5) is 23.8. The van der Waals surface area contributed by atoms with E-state index in [2.05, 4.69) is 5.43 Å². The second kappa shape index (κ2) is 9.02. The standard InChI is InChI=1S/C14H26N2O4S/c1-10(2)19-13(17)15-16(14(18)20-11(3)4)21-12-8-6-5-7-9-12/h10-12H,5-9H2,1-4H3,(H,15,17). The minimum atomic E-state index is -0.644. The molecule has 1 aliphatic carbocycles. The van der Waals surface area contributed by atoms with Crippen molar-refractivity contribution in [2.24, 2.45) is 0 Å². The minimum Gasteiger partial charge on any atom is -0.446 e. The predicted molar refractivity (Wildman–Crippen MR) is 82.7 cm³/mol. The van der Waals surface area contributed by atoms with Crippen molar-refractivity contribution in [2.45, 2.75) is 77.3 Å². The first-order chi connectivity index (χ1) is 9.88. The summed E-state index contributed by atoms with van der Waals surface area (Å²) in [6.07, 6.45) is 3.92. The molecule has 0 aliphatic heterocycles. The Morgan fingerprint density at radius 2 is 1.62 bits per heavy atom. The van der Waals surface area contributed by atoms with Crippen molar-refractivity contribution in [3.63, 3.8) is 0 Å². The fourth-order valence-electron chi connectivity index (χ4n) is 2.01. The van der Waals surface area contributed by atoms with E-state index in [1.165, 1.54) is 22.8 Å². The van der Waals surface area contributed by atoms with E-state index < -0.39 is 12.2 Å². The van der Waals surface area contributed by atoms with Crippen LogP contribution in [0.1, 0.15) is 59.8 Å². The molecule has 1 fully saturated rings. The number of hydrogen-bond acceptors (Lipinski definition) is 5. The van der Waals surface area contributed by atoms with E-state index in [0.717, 1.165) is 25.7 Å². The molecule has 0 heterocycles. The van der Waals surface area contributed by atoms with E-state index in [1.807, 2.05) is 0 Å². The molecule has 122 valence electrons. The highest BCUT2D eigenvalue weighted by Crippen LogP contribution is 2.30. The lowest BCUT2D eigenvalue weighted by Crippen LogP contribution is -2.44. The molecule has 0 atom stereocenters. The van der Waals surface area contributed by atoms with Crippen LogP contribution in [0.3, 0.4) is 0 Å². The van der Waals surface area contributed by atoms with Crippen LogP contribution >= 0.6 is 11.9 Å². The largest absolute Gasteiger partial charge is 0.446 e. The second-order valence-corrected chi connectivity index (χ2v) is 6.90. The molecule has 1 N–H and O–H groups in total. The van der Waals surface area contributed by atoms with Gasteiger partial charge in [-0.25, -0.2) is 15.0 Å². The van der Waals surface area contributed by atoms with Gasteiger partial charge < -0.3 is 9.47 Å². The van der Waals surface area contributed by atoms with Crippen molar-refractivity contribution in [2.75, 3.05) is 0 Å². The molecule has 21 heavy (non-hydrogen) atoms. The Labute approximate surface area is 131 Å². The first-order valence-corrected chi connectivity index (χ1v) is 8.37. The summed E-state index contributed by atoms with van der Waals surface area (Å²) in [5.41, 5.74) is 2.46. The Kier molecular flexibility index (Phi) is 7.71. The average molecular weight is 318 g/mol. The van der Waals surface area contributed by atoms with Gasteiger partial charge in [0.15, 0.2) is 0 Å². The van der Waals surface area contributed by atoms with Crippen molar-refractivity contribution in [1.82, 2.24) is 9.84 Å². The quantitative estimate of drug-likeness (QED) is 0.629. The monoisotopic (exact) mass is 318 g/mol. The molecule has 0 spiro atoms. The first kappa shape index (κ1) is 17.9. The van der Waals surface area contributed by atoms with Gasteiger partial charge in [0.05, 0.1) is 12.2 Å². The SMILES string of the molecule is CC(C)OC(=O)NN(SC1CCCCC1)C(=O)OC(C)C. The Bertz CT molecular complexity index is 344. The number of rotatable bonds is 4. The molecule has 0 aromatic heterocycles. The summed E-state index contributed by atoms with van der Waals surface area (Å²) in [5.74, 6) is 0. The van der Waals surface area contributed by atoms with Crippen molar-refractivity contribution >= 4 is 24.1 Å². The molecule has 0 saturated heterocycles. The van der Waals surface area contributed by atoms with E-state index >= 15 is 0 Å². The van der Waals surface area contributed by atoms with Crippen molar-refractivity contribution in [3.8, 4) is 0 Å². The van der Waals surface area contributed by atoms with Gasteiger partial charge in [-0.1, -0.05) is 19.3 Å². The van der Waals surface area contributed by atoms with Crippen LogP contribution in [0.4, 0.5) is 9.59 Å². The Hall–Kier alpha value is -1.11. The van der Waals surface area contributed by atoms with Crippen molar-refractivity contribution in [3.05, 3.63) is 0 Å². The summed E-state index contributed by atoms with van der Waals surface area (Å²) in [7, 11) is 0. The van der Waals surface area contributed by atoms with Gasteiger partial charge in [0.2, 0.25) is 0 Å². The van der Waals surface area contributed by atoms with E-state index in [4.69, 9.17) is 9.47 Å². The van der Waals surface area contributed by atoms with Gasteiger partial charge in [-0.2, -0.15) is 4.41 Å². The molecule has 0 aromatic carbocycles. The molecule has 0 unspecified atom stereocenters. The van der Waals surface area contributed by atoms with Gasteiger partial charge in [0, 0.05) is 5.25 Å². The Morgan fingerprint density at radius 3 is 2.14 bits per heavy atom. The van der Waals surface area contributed by atoms with Crippen molar-refractivity contribution in [1.29, 1.82) is 0 Å². The second-order valence-electron chi connectivity index (χ2n) is 5.66. The van der Waals surface area contributed by atoms with Crippen LogP contribution in [0.2, 0.25) is 0 Å². The number of hydrazine groups is 1. The highest BCUT2D eigenvalue weighted by atomic mass is 32.2. The van der Waals surface area contributed by atoms with Crippen LogP contribution in [-0.4, -0.2) is 34.1 Å². The molecular formula is C14H26N2O4S. The maximum Gasteiger partial charge on any atom is 0.439 e. The number of carbonyl (C=O) groups is 2. The lowest BCUT2D eigenvalue weighted by atomic mass is 10.0. The summed E-state index contributed by atoms with van der Waals surface area (Å²) in [6.45, 7) is 7.05. The molecule has 7 heteroatoms. The lowest BCUT2D eigenvalue weighted by molar-refractivity contribution is 0.0741. The van der Waals surface area contributed by atoms with Gasteiger partial charge in [0.25, 0.3) is 0 Å². The van der Waals surface area contributed by atoms with Crippen LogP contribution in [0.15, 0.2) is 0 Å². The van der Waals surface area contributed by atoms with Crippen LogP contribution < -0.4 is 5.43 Å². The van der Waals surface area contributed by atoms with Gasteiger partial charge in [-0.3, -0.25) is 0 Å². The number of nitrogens with zero attached hydrogens (tertiary/aromatic N) is 1. The van der Waals surface area contributed by atoms with Crippen LogP contribution in [0, 0.1) is 0 Å². The van der Waals surface area contributed by atoms with Gasteiger partial charge >= 0.3 is 12.2 Å². The third kappa shape index (κ3) is 7.45. The summed E-state index contributed by atoms with van der Waals surface area (Å²) in [6, 6.07) is 0. The number of amides is 2. The van der Waals surface area contributed by atoms with Gasteiger partial charge in [-0.15, -0.1) is 0 Å². The maximum atomic E-state index is 12.1. The maximum absolute atomic E-state index is 12.1. The molecule has 1 aliphatic rings. The number of carbonyl (C=O) groups excluding carboxylic acids is 2. The van der Waals surface area contributed by atoms with E-state index in [0.29, 0.717) is 5.25 Å². The average Bonchev–Trinajstić information content (AvgIpc) is 2.37.